The molecule has 7 heteroatoms. The highest BCUT2D eigenvalue weighted by atomic mass is 16.5. The minimum absolute atomic E-state index is 0.0392. The van der Waals surface area contributed by atoms with Crippen LogP contribution in [0.15, 0.2) is 61.2 Å². The summed E-state index contributed by atoms with van der Waals surface area (Å²) in [4.78, 5) is 35.5. The molecule has 3 rings (SSSR count). The van der Waals surface area contributed by atoms with Crippen molar-refractivity contribution in [2.24, 2.45) is 0 Å². The molecule has 7 nitrogen and oxygen atoms in total. The van der Waals surface area contributed by atoms with E-state index >= 15 is 0 Å². The molecule has 0 bridgehead atoms. The highest BCUT2D eigenvalue weighted by Gasteiger charge is 2.29. The van der Waals surface area contributed by atoms with Crippen LogP contribution in [0.2, 0.25) is 0 Å². The number of aliphatic carboxylic acids is 1. The van der Waals surface area contributed by atoms with Gasteiger partial charge < -0.3 is 20.5 Å². The Kier molecular flexibility index (Phi) is 6.85. The molecule has 3 N–H and O–H groups in total. The maximum atomic E-state index is 12.4. The van der Waals surface area contributed by atoms with Gasteiger partial charge in [0.2, 0.25) is 5.91 Å². The molecule has 0 aliphatic heterocycles. The zero-order valence-corrected chi connectivity index (χ0v) is 16.5. The van der Waals surface area contributed by atoms with Crippen LogP contribution in [-0.2, 0) is 14.3 Å². The van der Waals surface area contributed by atoms with Crippen LogP contribution < -0.4 is 10.6 Å². The molecule has 156 valence electrons. The zero-order chi connectivity index (χ0) is 21.5. The SMILES string of the molecule is C=CCNC(=O)C(CCC(=O)O)NC(=O)OCC1c2ccccc2-c2ccccc21. The average Bonchev–Trinajstić information content (AvgIpc) is 3.07. The summed E-state index contributed by atoms with van der Waals surface area (Å²) in [5.41, 5.74) is 4.39. The van der Waals surface area contributed by atoms with Gasteiger partial charge in [0.1, 0.15) is 12.6 Å². The first-order valence-electron chi connectivity index (χ1n) is 9.73. The van der Waals surface area contributed by atoms with E-state index in [0.717, 1.165) is 22.3 Å². The molecule has 1 aliphatic carbocycles. The molecule has 30 heavy (non-hydrogen) atoms. The van der Waals surface area contributed by atoms with E-state index < -0.39 is 24.0 Å². The van der Waals surface area contributed by atoms with E-state index in [1.807, 2.05) is 48.5 Å². The van der Waals surface area contributed by atoms with E-state index in [0.29, 0.717) is 0 Å². The second-order valence-electron chi connectivity index (χ2n) is 6.99. The Morgan fingerprint density at radius 3 is 2.23 bits per heavy atom. The molecule has 0 saturated heterocycles. The van der Waals surface area contributed by atoms with Crippen LogP contribution in [0.25, 0.3) is 11.1 Å². The number of amides is 2. The van der Waals surface area contributed by atoms with Crippen molar-refractivity contribution in [3.8, 4) is 11.1 Å². The number of alkyl carbamates (subject to hydrolysis) is 1. The number of fused-ring (bicyclic) bond motifs is 3. The molecule has 2 amide bonds. The summed E-state index contributed by atoms with van der Waals surface area (Å²) in [5.74, 6) is -1.63. The normalized spacial score (nSPS) is 12.9. The van der Waals surface area contributed by atoms with E-state index in [1.54, 1.807) is 0 Å². The van der Waals surface area contributed by atoms with Crippen molar-refractivity contribution in [1.82, 2.24) is 10.6 Å². The standard InChI is InChI=1S/C23H24N2O5/c1-2-13-24-22(28)20(11-12-21(26)27)25-23(29)30-14-19-17-9-5-3-7-15(17)16-8-4-6-10-18(16)19/h2-10,19-20H,1,11-14H2,(H,24,28)(H,25,29)(H,26,27). The minimum atomic E-state index is -1.05. The lowest BCUT2D eigenvalue weighted by molar-refractivity contribution is -0.137. The summed E-state index contributed by atoms with van der Waals surface area (Å²) in [5, 5.41) is 13.9. The number of rotatable bonds is 9. The summed E-state index contributed by atoms with van der Waals surface area (Å²) in [7, 11) is 0. The Bertz CT molecular complexity index is 911. The molecule has 1 atom stereocenters. The van der Waals surface area contributed by atoms with Gasteiger partial charge in [-0.2, -0.15) is 0 Å². The van der Waals surface area contributed by atoms with Gasteiger partial charge in [0.25, 0.3) is 0 Å². The van der Waals surface area contributed by atoms with Crippen molar-refractivity contribution in [2.75, 3.05) is 13.2 Å². The van der Waals surface area contributed by atoms with Crippen molar-refractivity contribution in [1.29, 1.82) is 0 Å². The smallest absolute Gasteiger partial charge is 0.407 e. The summed E-state index contributed by atoms with van der Waals surface area (Å²) >= 11 is 0. The summed E-state index contributed by atoms with van der Waals surface area (Å²) in [6, 6.07) is 14.9. The molecule has 0 fully saturated rings. The molecular weight excluding hydrogens is 384 g/mol. The van der Waals surface area contributed by atoms with Gasteiger partial charge in [-0.1, -0.05) is 54.6 Å². The average molecular weight is 408 g/mol. The number of carboxylic acid groups (broad SMARTS) is 1. The molecule has 2 aromatic carbocycles. The lowest BCUT2D eigenvalue weighted by atomic mass is 9.98. The fourth-order valence-corrected chi connectivity index (χ4v) is 3.61. The third kappa shape index (κ3) is 4.86. The van der Waals surface area contributed by atoms with E-state index in [-0.39, 0.29) is 31.9 Å². The Labute approximate surface area is 174 Å². The molecular formula is C23H24N2O5. The topological polar surface area (TPSA) is 105 Å². The maximum absolute atomic E-state index is 12.4. The number of hydrogen-bond donors (Lipinski definition) is 3. The first kappa shape index (κ1) is 21.1. The highest BCUT2D eigenvalue weighted by Crippen LogP contribution is 2.44. The Morgan fingerprint density at radius 1 is 1.07 bits per heavy atom. The molecule has 1 unspecified atom stereocenters. The van der Waals surface area contributed by atoms with Gasteiger partial charge in [0.05, 0.1) is 0 Å². The van der Waals surface area contributed by atoms with Gasteiger partial charge in [0.15, 0.2) is 0 Å². The second-order valence-corrected chi connectivity index (χ2v) is 6.99. The predicted octanol–water partition coefficient (Wildman–Crippen LogP) is 3.06. The number of hydrogen-bond acceptors (Lipinski definition) is 4. The second kappa shape index (κ2) is 9.73. The monoisotopic (exact) mass is 408 g/mol. The predicted molar refractivity (Wildman–Crippen MR) is 112 cm³/mol. The van der Waals surface area contributed by atoms with Crippen LogP contribution >= 0.6 is 0 Å². The Hall–Kier alpha value is -3.61. The van der Waals surface area contributed by atoms with Gasteiger partial charge in [-0.25, -0.2) is 4.79 Å². The number of carbonyl (C=O) groups excluding carboxylic acids is 2. The third-order valence-electron chi connectivity index (χ3n) is 5.02. The van der Waals surface area contributed by atoms with Crippen molar-refractivity contribution >= 4 is 18.0 Å². The van der Waals surface area contributed by atoms with Crippen molar-refractivity contribution in [2.45, 2.75) is 24.8 Å². The van der Waals surface area contributed by atoms with E-state index in [2.05, 4.69) is 17.2 Å². The summed E-state index contributed by atoms with van der Waals surface area (Å²) in [6.45, 7) is 3.84. The third-order valence-corrected chi connectivity index (χ3v) is 5.02. The van der Waals surface area contributed by atoms with Crippen molar-refractivity contribution < 1.29 is 24.2 Å². The Balaban J connectivity index is 1.66. The number of benzene rings is 2. The Morgan fingerprint density at radius 2 is 1.67 bits per heavy atom. The largest absolute Gasteiger partial charge is 0.481 e. The molecule has 0 spiro atoms. The van der Waals surface area contributed by atoms with Gasteiger partial charge in [-0.05, 0) is 28.7 Å². The van der Waals surface area contributed by atoms with Gasteiger partial charge in [0, 0.05) is 18.9 Å². The van der Waals surface area contributed by atoms with Crippen molar-refractivity contribution in [3.05, 3.63) is 72.3 Å². The van der Waals surface area contributed by atoms with E-state index in [4.69, 9.17) is 9.84 Å². The quantitative estimate of drug-likeness (QED) is 0.553. The van der Waals surface area contributed by atoms with Crippen molar-refractivity contribution in [3.63, 3.8) is 0 Å². The minimum Gasteiger partial charge on any atom is -0.481 e. The number of carbonyl (C=O) groups is 3. The van der Waals surface area contributed by atoms with Crippen LogP contribution in [0.5, 0.6) is 0 Å². The molecule has 0 heterocycles. The van der Waals surface area contributed by atoms with Crippen LogP contribution in [0, 0.1) is 0 Å². The van der Waals surface area contributed by atoms with Crippen LogP contribution in [0.3, 0.4) is 0 Å². The van der Waals surface area contributed by atoms with Gasteiger partial charge in [-0.15, -0.1) is 6.58 Å². The fourth-order valence-electron chi connectivity index (χ4n) is 3.61. The molecule has 0 radical (unpaired) electrons. The number of ether oxygens (including phenoxy) is 1. The van der Waals surface area contributed by atoms with Gasteiger partial charge in [-0.3, -0.25) is 9.59 Å². The maximum Gasteiger partial charge on any atom is 0.407 e. The number of nitrogens with one attached hydrogen (secondary N) is 2. The fraction of sp³-hybridized carbons (Fsp3) is 0.261. The summed E-state index contributed by atoms with van der Waals surface area (Å²) in [6.07, 6.45) is 0.443. The van der Waals surface area contributed by atoms with E-state index in [1.165, 1.54) is 6.08 Å². The first-order valence-corrected chi connectivity index (χ1v) is 9.73. The lowest BCUT2D eigenvalue weighted by Gasteiger charge is -2.19. The zero-order valence-electron chi connectivity index (χ0n) is 16.5. The van der Waals surface area contributed by atoms with Crippen LogP contribution in [0.1, 0.15) is 29.9 Å². The van der Waals surface area contributed by atoms with Crippen LogP contribution in [-0.4, -0.2) is 42.3 Å². The van der Waals surface area contributed by atoms with Crippen LogP contribution in [0.4, 0.5) is 4.79 Å². The van der Waals surface area contributed by atoms with E-state index in [9.17, 15) is 14.4 Å². The molecule has 1 aliphatic rings. The first-order chi connectivity index (χ1) is 14.5. The lowest BCUT2D eigenvalue weighted by Crippen LogP contribution is -2.47. The summed E-state index contributed by atoms with van der Waals surface area (Å²) < 4.78 is 5.43. The van der Waals surface area contributed by atoms with Gasteiger partial charge >= 0.3 is 12.1 Å². The number of carboxylic acids is 1. The molecule has 2 aromatic rings. The molecule has 0 saturated carbocycles. The highest BCUT2D eigenvalue weighted by molar-refractivity contribution is 5.86. The molecule has 0 aromatic heterocycles.